The van der Waals surface area contributed by atoms with Crippen LogP contribution in [0, 0.1) is 0 Å². The van der Waals surface area contributed by atoms with Crippen LogP contribution in [0.4, 0.5) is 0 Å². The molecule has 78 valence electrons. The van der Waals surface area contributed by atoms with Gasteiger partial charge >= 0.3 is 0 Å². The summed E-state index contributed by atoms with van der Waals surface area (Å²) in [5.74, 6) is 1.03. The van der Waals surface area contributed by atoms with Crippen molar-refractivity contribution in [3.63, 3.8) is 0 Å². The van der Waals surface area contributed by atoms with E-state index >= 15 is 0 Å². The second-order valence-electron chi connectivity index (χ2n) is 3.17. The summed E-state index contributed by atoms with van der Waals surface area (Å²) in [6, 6.07) is 10.5. The van der Waals surface area contributed by atoms with E-state index in [2.05, 4.69) is 43.8 Å². The lowest BCUT2D eigenvalue weighted by molar-refractivity contribution is 1.41. The number of rotatable bonds is 5. The third-order valence-corrected chi connectivity index (χ3v) is 2.96. The van der Waals surface area contributed by atoms with Crippen LogP contribution in [-0.4, -0.2) is 0 Å². The Hall–Kier alpha value is -1.21. The molecule has 0 aliphatic heterocycles. The van der Waals surface area contributed by atoms with Crippen molar-refractivity contribution >= 4 is 11.8 Å². The molecule has 1 rings (SSSR count). The number of benzene rings is 1. The summed E-state index contributed by atoms with van der Waals surface area (Å²) in [5, 5.41) is 0. The molecule has 1 heteroatoms. The van der Waals surface area contributed by atoms with Gasteiger partial charge in [0, 0.05) is 5.75 Å². The molecule has 0 fully saturated rings. The summed E-state index contributed by atoms with van der Waals surface area (Å²) in [6.45, 7) is 5.75. The topological polar surface area (TPSA) is 0 Å². The van der Waals surface area contributed by atoms with Gasteiger partial charge in [-0.05, 0) is 17.4 Å². The van der Waals surface area contributed by atoms with Gasteiger partial charge in [0.25, 0.3) is 0 Å². The molecule has 0 spiro atoms. The molecule has 15 heavy (non-hydrogen) atoms. The Balaban J connectivity index is 2.40. The molecule has 0 heterocycles. The first-order valence-corrected chi connectivity index (χ1v) is 5.94. The van der Waals surface area contributed by atoms with Crippen molar-refractivity contribution in [2.75, 3.05) is 0 Å². The van der Waals surface area contributed by atoms with E-state index in [1.54, 1.807) is 6.08 Å². The van der Waals surface area contributed by atoms with Crippen LogP contribution in [0.15, 0.2) is 66.1 Å². The molecule has 0 unspecified atom stereocenters. The molecule has 0 amide bonds. The summed E-state index contributed by atoms with van der Waals surface area (Å²) in [4.78, 5) is 1.32. The number of hydrogen-bond donors (Lipinski definition) is 0. The van der Waals surface area contributed by atoms with Crippen LogP contribution in [0.5, 0.6) is 0 Å². The Labute approximate surface area is 96.4 Å². The first kappa shape index (κ1) is 11.9. The van der Waals surface area contributed by atoms with E-state index in [0.717, 1.165) is 5.75 Å². The molecule has 0 aliphatic rings. The van der Waals surface area contributed by atoms with Crippen LogP contribution in [0.25, 0.3) is 0 Å². The van der Waals surface area contributed by atoms with Gasteiger partial charge in [0.15, 0.2) is 0 Å². The first-order chi connectivity index (χ1) is 7.33. The van der Waals surface area contributed by atoms with Crippen molar-refractivity contribution in [2.24, 2.45) is 0 Å². The lowest BCUT2D eigenvalue weighted by atomic mass is 10.2. The molecular weight excluding hydrogens is 200 g/mol. The molecule has 0 radical (unpaired) electrons. The van der Waals surface area contributed by atoms with Gasteiger partial charge in [0.05, 0.1) is 0 Å². The van der Waals surface area contributed by atoms with E-state index in [-0.39, 0.29) is 0 Å². The SMILES string of the molecule is C=C/C=C\C=C(/C)SCc1ccccc1. The predicted octanol–water partition coefficient (Wildman–Crippen LogP) is 4.57. The van der Waals surface area contributed by atoms with E-state index in [1.807, 2.05) is 30.0 Å². The average molecular weight is 216 g/mol. The van der Waals surface area contributed by atoms with Gasteiger partial charge in [0.2, 0.25) is 0 Å². The molecule has 1 aromatic carbocycles. The zero-order valence-electron chi connectivity index (χ0n) is 9.02. The fraction of sp³-hybridized carbons (Fsp3) is 0.143. The van der Waals surface area contributed by atoms with Crippen LogP contribution in [0.1, 0.15) is 12.5 Å². The van der Waals surface area contributed by atoms with Gasteiger partial charge in [-0.1, -0.05) is 61.2 Å². The summed E-state index contributed by atoms with van der Waals surface area (Å²) < 4.78 is 0. The van der Waals surface area contributed by atoms with Crippen molar-refractivity contribution in [2.45, 2.75) is 12.7 Å². The van der Waals surface area contributed by atoms with E-state index in [4.69, 9.17) is 0 Å². The van der Waals surface area contributed by atoms with Gasteiger partial charge in [-0.3, -0.25) is 0 Å². The van der Waals surface area contributed by atoms with Crippen LogP contribution in [0.3, 0.4) is 0 Å². The number of hydrogen-bond acceptors (Lipinski definition) is 1. The molecule has 0 saturated heterocycles. The fourth-order valence-electron chi connectivity index (χ4n) is 1.09. The Morgan fingerprint density at radius 1 is 1.27 bits per heavy atom. The minimum Gasteiger partial charge on any atom is -0.126 e. The molecule has 0 aliphatic carbocycles. The Morgan fingerprint density at radius 3 is 2.67 bits per heavy atom. The minimum atomic E-state index is 1.03. The van der Waals surface area contributed by atoms with Crippen LogP contribution >= 0.6 is 11.8 Å². The quantitative estimate of drug-likeness (QED) is 0.650. The van der Waals surface area contributed by atoms with Gasteiger partial charge in [-0.2, -0.15) is 0 Å². The summed E-state index contributed by atoms with van der Waals surface area (Å²) in [7, 11) is 0. The largest absolute Gasteiger partial charge is 0.126 e. The maximum Gasteiger partial charge on any atom is 0.0228 e. The molecule has 0 saturated carbocycles. The van der Waals surface area contributed by atoms with E-state index in [1.165, 1.54) is 10.5 Å². The van der Waals surface area contributed by atoms with Crippen LogP contribution < -0.4 is 0 Å². The molecule has 0 atom stereocenters. The zero-order valence-corrected chi connectivity index (χ0v) is 9.84. The first-order valence-electron chi connectivity index (χ1n) is 4.95. The lowest BCUT2D eigenvalue weighted by Crippen LogP contribution is -1.78. The van der Waals surface area contributed by atoms with Gasteiger partial charge in [-0.25, -0.2) is 0 Å². The highest BCUT2D eigenvalue weighted by atomic mass is 32.2. The second kappa shape index (κ2) is 7.13. The van der Waals surface area contributed by atoms with Crippen molar-refractivity contribution in [3.8, 4) is 0 Å². The Kier molecular flexibility index (Phi) is 5.64. The van der Waals surface area contributed by atoms with Crippen molar-refractivity contribution < 1.29 is 0 Å². The molecular formula is C14H16S. The van der Waals surface area contributed by atoms with E-state index < -0.39 is 0 Å². The monoisotopic (exact) mass is 216 g/mol. The lowest BCUT2D eigenvalue weighted by Gasteiger charge is -2.00. The highest BCUT2D eigenvalue weighted by molar-refractivity contribution is 8.02. The molecule has 0 bridgehead atoms. The third-order valence-electron chi connectivity index (χ3n) is 1.89. The van der Waals surface area contributed by atoms with Gasteiger partial charge in [-0.15, -0.1) is 11.8 Å². The summed E-state index contributed by atoms with van der Waals surface area (Å²) in [6.07, 6.45) is 7.84. The van der Waals surface area contributed by atoms with Crippen molar-refractivity contribution in [3.05, 3.63) is 71.7 Å². The predicted molar refractivity (Wildman–Crippen MR) is 70.8 cm³/mol. The molecule has 1 aromatic rings. The third kappa shape index (κ3) is 5.28. The van der Waals surface area contributed by atoms with Crippen molar-refractivity contribution in [1.29, 1.82) is 0 Å². The Morgan fingerprint density at radius 2 is 2.00 bits per heavy atom. The standard InChI is InChI=1S/C14H16S/c1-3-4-6-9-13(2)15-12-14-10-7-5-8-11-14/h3-11H,1,12H2,2H3/b6-4-,13-9+. The van der Waals surface area contributed by atoms with Crippen LogP contribution in [0.2, 0.25) is 0 Å². The highest BCUT2D eigenvalue weighted by Crippen LogP contribution is 2.20. The summed E-state index contributed by atoms with van der Waals surface area (Å²) >= 11 is 1.86. The second-order valence-corrected chi connectivity index (χ2v) is 4.39. The maximum absolute atomic E-state index is 3.63. The molecule has 0 N–H and O–H groups in total. The average Bonchev–Trinajstić information content (AvgIpc) is 2.28. The molecule has 0 aromatic heterocycles. The highest BCUT2D eigenvalue weighted by Gasteiger charge is 1.92. The smallest absolute Gasteiger partial charge is 0.0228 e. The number of allylic oxidation sites excluding steroid dienone is 5. The van der Waals surface area contributed by atoms with Crippen molar-refractivity contribution in [1.82, 2.24) is 0 Å². The Bertz CT molecular complexity index is 347. The number of thioether (sulfide) groups is 1. The van der Waals surface area contributed by atoms with E-state index in [0.29, 0.717) is 0 Å². The maximum atomic E-state index is 3.63. The van der Waals surface area contributed by atoms with Crippen LogP contribution in [-0.2, 0) is 5.75 Å². The van der Waals surface area contributed by atoms with Gasteiger partial charge in [0.1, 0.15) is 0 Å². The minimum absolute atomic E-state index is 1.03. The zero-order chi connectivity index (χ0) is 10.9. The van der Waals surface area contributed by atoms with E-state index in [9.17, 15) is 0 Å². The summed E-state index contributed by atoms with van der Waals surface area (Å²) in [5.41, 5.74) is 1.36. The van der Waals surface area contributed by atoms with Gasteiger partial charge < -0.3 is 0 Å². The fourth-order valence-corrected chi connectivity index (χ4v) is 1.85. The normalized spacial score (nSPS) is 11.9. The molecule has 0 nitrogen and oxygen atoms in total.